The van der Waals surface area contributed by atoms with E-state index >= 15 is 0 Å². The Balaban J connectivity index is 0.00000225. The maximum absolute atomic E-state index is 12.7. The summed E-state index contributed by atoms with van der Waals surface area (Å²) in [6.07, 6.45) is 4.20. The Hall–Kier alpha value is -2.61. The molecule has 8 heteroatoms. The molecule has 1 aliphatic heterocycles. The van der Waals surface area contributed by atoms with E-state index in [2.05, 4.69) is 15.0 Å². The number of hydrogen-bond donors (Lipinski definition) is 2. The molecule has 146 valence electrons. The van der Waals surface area contributed by atoms with E-state index in [0.717, 1.165) is 18.5 Å². The standard InChI is InChI=1S/C20H19N3O3S.ClH/c24-27(25,20-8-3-15-9-11-22-13-16(15)12-20)23-17-4-6-18(7-5-17)26-19-2-1-10-21-14-19;/h1-8,10,12,14,22-23H,9,11,13H2;1H. The van der Waals surface area contributed by atoms with Gasteiger partial charge in [0, 0.05) is 18.4 Å². The van der Waals surface area contributed by atoms with E-state index in [4.69, 9.17) is 4.74 Å². The first kappa shape index (κ1) is 20.1. The number of pyridine rings is 1. The third-order valence-corrected chi connectivity index (χ3v) is 5.73. The minimum absolute atomic E-state index is 0. The van der Waals surface area contributed by atoms with Crippen molar-refractivity contribution in [1.82, 2.24) is 10.3 Å². The fourth-order valence-electron chi connectivity index (χ4n) is 2.97. The average molecular weight is 418 g/mol. The molecule has 6 nitrogen and oxygen atoms in total. The fourth-order valence-corrected chi connectivity index (χ4v) is 4.08. The molecule has 1 aliphatic rings. The summed E-state index contributed by atoms with van der Waals surface area (Å²) in [5.74, 6) is 1.22. The van der Waals surface area contributed by atoms with Gasteiger partial charge in [-0.1, -0.05) is 6.07 Å². The summed E-state index contributed by atoms with van der Waals surface area (Å²) in [6.45, 7) is 1.61. The normalized spacial score (nSPS) is 13.1. The lowest BCUT2D eigenvalue weighted by Gasteiger charge is -2.18. The van der Waals surface area contributed by atoms with Gasteiger partial charge in [-0.2, -0.15) is 0 Å². The summed E-state index contributed by atoms with van der Waals surface area (Å²) in [4.78, 5) is 4.25. The summed E-state index contributed by atoms with van der Waals surface area (Å²) in [7, 11) is -3.65. The van der Waals surface area contributed by atoms with Gasteiger partial charge in [-0.25, -0.2) is 8.42 Å². The first-order valence-electron chi connectivity index (χ1n) is 8.63. The van der Waals surface area contributed by atoms with Crippen LogP contribution in [0, 0.1) is 0 Å². The number of ether oxygens (including phenoxy) is 1. The van der Waals surface area contributed by atoms with Crippen molar-refractivity contribution in [2.24, 2.45) is 0 Å². The Kier molecular flexibility index (Phi) is 6.18. The second-order valence-corrected chi connectivity index (χ2v) is 7.96. The summed E-state index contributed by atoms with van der Waals surface area (Å²) in [5, 5.41) is 3.26. The van der Waals surface area contributed by atoms with Crippen LogP contribution in [-0.2, 0) is 23.0 Å². The number of hydrogen-bond acceptors (Lipinski definition) is 5. The Morgan fingerprint density at radius 1 is 1.00 bits per heavy atom. The third kappa shape index (κ3) is 4.62. The number of aromatic nitrogens is 1. The number of halogens is 1. The highest BCUT2D eigenvalue weighted by Gasteiger charge is 2.17. The first-order chi connectivity index (χ1) is 13.1. The molecule has 2 aromatic carbocycles. The molecule has 0 unspecified atom stereocenters. The van der Waals surface area contributed by atoms with Gasteiger partial charge in [0.1, 0.15) is 11.5 Å². The molecule has 2 N–H and O–H groups in total. The monoisotopic (exact) mass is 417 g/mol. The molecule has 28 heavy (non-hydrogen) atoms. The van der Waals surface area contributed by atoms with Gasteiger partial charge in [-0.05, 0) is 72.6 Å². The quantitative estimate of drug-likeness (QED) is 0.661. The zero-order valence-corrected chi connectivity index (χ0v) is 16.6. The molecule has 0 aliphatic carbocycles. The van der Waals surface area contributed by atoms with Crippen molar-refractivity contribution in [3.63, 3.8) is 0 Å². The van der Waals surface area contributed by atoms with Gasteiger partial charge < -0.3 is 10.1 Å². The van der Waals surface area contributed by atoms with Crippen LogP contribution in [0.2, 0.25) is 0 Å². The molecule has 0 fully saturated rings. The molecule has 0 saturated heterocycles. The number of benzene rings is 2. The molecule has 2 heterocycles. The van der Waals surface area contributed by atoms with Gasteiger partial charge in [0.05, 0.1) is 11.1 Å². The topological polar surface area (TPSA) is 80.3 Å². The number of anilines is 1. The van der Waals surface area contributed by atoms with E-state index in [9.17, 15) is 8.42 Å². The van der Waals surface area contributed by atoms with Gasteiger partial charge >= 0.3 is 0 Å². The Morgan fingerprint density at radius 2 is 1.82 bits per heavy atom. The fraction of sp³-hybridized carbons (Fsp3) is 0.150. The molecular weight excluding hydrogens is 398 g/mol. The van der Waals surface area contributed by atoms with Crippen molar-refractivity contribution in [3.05, 3.63) is 78.1 Å². The number of nitrogens with one attached hydrogen (secondary N) is 2. The number of nitrogens with zero attached hydrogens (tertiary/aromatic N) is 1. The van der Waals surface area contributed by atoms with E-state index < -0.39 is 10.0 Å². The molecule has 0 atom stereocenters. The Morgan fingerprint density at radius 3 is 2.57 bits per heavy atom. The molecule has 0 spiro atoms. The minimum atomic E-state index is -3.65. The van der Waals surface area contributed by atoms with Gasteiger partial charge in [0.15, 0.2) is 0 Å². The maximum Gasteiger partial charge on any atom is 0.261 e. The van der Waals surface area contributed by atoms with Gasteiger partial charge in [0.25, 0.3) is 10.0 Å². The highest BCUT2D eigenvalue weighted by Crippen LogP contribution is 2.25. The smallest absolute Gasteiger partial charge is 0.261 e. The van der Waals surface area contributed by atoms with Crippen LogP contribution in [0.25, 0.3) is 0 Å². The predicted octanol–water partition coefficient (Wildman–Crippen LogP) is 3.74. The zero-order chi connectivity index (χ0) is 18.7. The van der Waals surface area contributed by atoms with E-state index in [1.54, 1.807) is 60.9 Å². The second-order valence-electron chi connectivity index (χ2n) is 6.28. The summed E-state index contributed by atoms with van der Waals surface area (Å²) in [6, 6.07) is 15.6. The molecule has 0 bridgehead atoms. The van der Waals surface area contributed by atoms with E-state index in [-0.39, 0.29) is 17.3 Å². The van der Waals surface area contributed by atoms with Crippen LogP contribution in [0.1, 0.15) is 11.1 Å². The van der Waals surface area contributed by atoms with Crippen LogP contribution >= 0.6 is 12.4 Å². The van der Waals surface area contributed by atoms with Crippen molar-refractivity contribution in [3.8, 4) is 11.5 Å². The number of rotatable bonds is 5. The summed E-state index contributed by atoms with van der Waals surface area (Å²) >= 11 is 0. The van der Waals surface area contributed by atoms with E-state index in [1.807, 2.05) is 6.07 Å². The van der Waals surface area contributed by atoms with Crippen molar-refractivity contribution in [1.29, 1.82) is 0 Å². The Bertz CT molecular complexity index is 1040. The van der Waals surface area contributed by atoms with Gasteiger partial charge in [0.2, 0.25) is 0 Å². The van der Waals surface area contributed by atoms with Crippen LogP contribution in [0.3, 0.4) is 0 Å². The van der Waals surface area contributed by atoms with Crippen molar-refractivity contribution >= 4 is 28.1 Å². The predicted molar refractivity (Wildman–Crippen MR) is 111 cm³/mol. The van der Waals surface area contributed by atoms with Crippen LogP contribution < -0.4 is 14.8 Å². The van der Waals surface area contributed by atoms with Crippen molar-refractivity contribution in [2.45, 2.75) is 17.9 Å². The number of fused-ring (bicyclic) bond motifs is 1. The van der Waals surface area contributed by atoms with Crippen molar-refractivity contribution in [2.75, 3.05) is 11.3 Å². The highest BCUT2D eigenvalue weighted by molar-refractivity contribution is 7.92. The highest BCUT2D eigenvalue weighted by atomic mass is 35.5. The van der Waals surface area contributed by atoms with Gasteiger partial charge in [-0.15, -0.1) is 12.4 Å². The number of sulfonamides is 1. The molecule has 3 aromatic rings. The van der Waals surface area contributed by atoms with Crippen LogP contribution in [0.4, 0.5) is 5.69 Å². The maximum atomic E-state index is 12.7. The van der Waals surface area contributed by atoms with Gasteiger partial charge in [-0.3, -0.25) is 9.71 Å². The lowest BCUT2D eigenvalue weighted by Crippen LogP contribution is -2.24. The van der Waals surface area contributed by atoms with Crippen LogP contribution in [-0.4, -0.2) is 19.9 Å². The largest absolute Gasteiger partial charge is 0.456 e. The molecule has 4 rings (SSSR count). The Labute approximate surface area is 170 Å². The van der Waals surface area contributed by atoms with Crippen LogP contribution in [0.15, 0.2) is 71.9 Å². The SMILES string of the molecule is Cl.O=S(=O)(Nc1ccc(Oc2cccnc2)cc1)c1ccc2c(c1)CNCC2. The molecule has 0 radical (unpaired) electrons. The summed E-state index contributed by atoms with van der Waals surface area (Å²) < 4.78 is 33.7. The first-order valence-corrected chi connectivity index (χ1v) is 10.1. The average Bonchev–Trinajstić information content (AvgIpc) is 2.70. The molecular formula is C20H20ClN3O3S. The molecule has 1 aromatic heterocycles. The molecule has 0 amide bonds. The third-order valence-electron chi connectivity index (χ3n) is 4.35. The second kappa shape index (κ2) is 8.60. The minimum Gasteiger partial charge on any atom is -0.456 e. The summed E-state index contributed by atoms with van der Waals surface area (Å²) in [5.41, 5.74) is 2.71. The van der Waals surface area contributed by atoms with Crippen LogP contribution in [0.5, 0.6) is 11.5 Å². The van der Waals surface area contributed by atoms with Crippen molar-refractivity contribution < 1.29 is 13.2 Å². The molecule has 0 saturated carbocycles. The lowest BCUT2D eigenvalue weighted by atomic mass is 10.0. The lowest BCUT2D eigenvalue weighted by molar-refractivity contribution is 0.480. The van der Waals surface area contributed by atoms with E-state index in [1.165, 1.54) is 5.56 Å². The zero-order valence-electron chi connectivity index (χ0n) is 15.0. The van der Waals surface area contributed by atoms with E-state index in [0.29, 0.717) is 23.7 Å².